The van der Waals surface area contributed by atoms with E-state index in [1.807, 2.05) is 43.3 Å². The Morgan fingerprint density at radius 1 is 1.24 bits per heavy atom. The van der Waals surface area contributed by atoms with E-state index in [0.29, 0.717) is 11.6 Å². The van der Waals surface area contributed by atoms with Crippen LogP contribution in [0.25, 0.3) is 0 Å². The first-order valence-corrected chi connectivity index (χ1v) is 6.97. The Bertz CT molecular complexity index is 494. The molecule has 0 spiro atoms. The van der Waals surface area contributed by atoms with Gasteiger partial charge in [-0.1, -0.05) is 29.8 Å². The normalized spacial score (nSPS) is 12.0. The third kappa shape index (κ3) is 5.71. The minimum absolute atomic E-state index is 0.0483. The fraction of sp³-hybridized carbons (Fsp3) is 0.429. The highest BCUT2D eigenvalue weighted by Gasteiger charge is 2.17. The smallest absolute Gasteiger partial charge is 0.239 e. The van der Waals surface area contributed by atoms with Gasteiger partial charge in [0.2, 0.25) is 11.8 Å². The predicted molar refractivity (Wildman–Crippen MR) is 83.0 cm³/mol. The third-order valence-corrected chi connectivity index (χ3v) is 3.36. The molecule has 0 saturated heterocycles. The Morgan fingerprint density at radius 3 is 2.48 bits per heavy atom. The second-order valence-electron chi connectivity index (χ2n) is 4.79. The van der Waals surface area contributed by atoms with Crippen LogP contribution in [0.3, 0.4) is 0 Å². The van der Waals surface area contributed by atoms with E-state index in [0.717, 1.165) is 5.56 Å². The topological polar surface area (TPSA) is 87.5 Å². The van der Waals surface area contributed by atoms with E-state index in [-0.39, 0.29) is 30.9 Å². The lowest BCUT2D eigenvalue weighted by Crippen LogP contribution is -2.42. The summed E-state index contributed by atoms with van der Waals surface area (Å²) in [6.07, 6.45) is 0. The van der Waals surface area contributed by atoms with Gasteiger partial charge in [0, 0.05) is 11.6 Å². The molecule has 7 heteroatoms. The van der Waals surface area contributed by atoms with Gasteiger partial charge in [0.05, 0.1) is 19.1 Å². The van der Waals surface area contributed by atoms with Crippen LogP contribution in [0.5, 0.6) is 0 Å². The van der Waals surface area contributed by atoms with Crippen LogP contribution in [0.4, 0.5) is 0 Å². The lowest BCUT2D eigenvalue weighted by atomic mass is 10.1. The van der Waals surface area contributed by atoms with Gasteiger partial charge in [-0.05, 0) is 25.7 Å². The summed E-state index contributed by atoms with van der Waals surface area (Å²) in [6.45, 7) is 0.181. The van der Waals surface area contributed by atoms with Crippen molar-refractivity contribution >= 4 is 23.4 Å². The molecule has 0 saturated carbocycles. The third-order valence-electron chi connectivity index (χ3n) is 3.01. The number of hydrogen-bond acceptors (Lipinski definition) is 4. The molecule has 0 aromatic heterocycles. The number of halogens is 1. The Kier molecular flexibility index (Phi) is 7.14. The molecule has 0 aliphatic heterocycles. The number of nitrogens with one attached hydrogen (secondary N) is 2. The van der Waals surface area contributed by atoms with Crippen molar-refractivity contribution in [2.75, 3.05) is 33.7 Å². The van der Waals surface area contributed by atoms with Crippen LogP contribution in [-0.4, -0.2) is 50.4 Å². The van der Waals surface area contributed by atoms with Crippen molar-refractivity contribution in [2.45, 2.75) is 6.04 Å². The van der Waals surface area contributed by atoms with E-state index in [9.17, 15) is 9.59 Å². The summed E-state index contributed by atoms with van der Waals surface area (Å²) in [5, 5.41) is 5.85. The number of nitrogens with zero attached hydrogens (tertiary/aromatic N) is 1. The molecule has 2 amide bonds. The Balaban J connectivity index is 2.59. The molecule has 116 valence electrons. The number of amides is 2. The lowest BCUT2D eigenvalue weighted by molar-refractivity contribution is -0.125. The molecule has 6 nitrogen and oxygen atoms in total. The second-order valence-corrected chi connectivity index (χ2v) is 5.19. The summed E-state index contributed by atoms with van der Waals surface area (Å²) >= 11 is 6.19. The van der Waals surface area contributed by atoms with Crippen LogP contribution < -0.4 is 16.4 Å². The molecule has 0 heterocycles. The molecule has 1 aromatic carbocycles. The monoisotopic (exact) mass is 312 g/mol. The van der Waals surface area contributed by atoms with Gasteiger partial charge in [0.25, 0.3) is 0 Å². The molecule has 0 bridgehead atoms. The number of nitrogens with two attached hydrogens (primary N) is 1. The number of likely N-dealkylation sites (N-methyl/N-ethyl adjacent to an activating group) is 1. The number of rotatable bonds is 7. The minimum Gasteiger partial charge on any atom is -0.353 e. The first kappa shape index (κ1) is 17.4. The van der Waals surface area contributed by atoms with Crippen molar-refractivity contribution in [3.63, 3.8) is 0 Å². The number of carbonyl (C=O) groups is 2. The molecule has 4 N–H and O–H groups in total. The molecule has 0 fully saturated rings. The van der Waals surface area contributed by atoms with E-state index < -0.39 is 0 Å². The maximum absolute atomic E-state index is 11.7. The van der Waals surface area contributed by atoms with Crippen molar-refractivity contribution in [1.29, 1.82) is 0 Å². The van der Waals surface area contributed by atoms with E-state index in [4.69, 9.17) is 17.3 Å². The fourth-order valence-corrected chi connectivity index (χ4v) is 2.10. The molecular formula is C14H21ClN4O2. The van der Waals surface area contributed by atoms with Crippen molar-refractivity contribution in [3.05, 3.63) is 34.9 Å². The molecule has 1 atom stereocenters. The number of hydrogen-bond donors (Lipinski definition) is 3. The number of carbonyl (C=O) groups excluding carboxylic acids is 2. The Hall–Kier alpha value is -1.63. The molecular weight excluding hydrogens is 292 g/mol. The van der Waals surface area contributed by atoms with Gasteiger partial charge < -0.3 is 21.3 Å². The van der Waals surface area contributed by atoms with E-state index in [2.05, 4.69) is 10.6 Å². The summed E-state index contributed by atoms with van der Waals surface area (Å²) < 4.78 is 0. The van der Waals surface area contributed by atoms with E-state index >= 15 is 0 Å². The maximum Gasteiger partial charge on any atom is 0.239 e. The Morgan fingerprint density at radius 2 is 1.90 bits per heavy atom. The van der Waals surface area contributed by atoms with Crippen molar-refractivity contribution < 1.29 is 9.59 Å². The first-order valence-electron chi connectivity index (χ1n) is 6.60. The van der Waals surface area contributed by atoms with Gasteiger partial charge in [0.15, 0.2) is 0 Å². The van der Waals surface area contributed by atoms with Gasteiger partial charge in [-0.2, -0.15) is 0 Å². The molecule has 0 aliphatic carbocycles. The molecule has 0 radical (unpaired) electrons. The average Bonchev–Trinajstić information content (AvgIpc) is 2.46. The van der Waals surface area contributed by atoms with Gasteiger partial charge >= 0.3 is 0 Å². The van der Waals surface area contributed by atoms with Crippen LogP contribution >= 0.6 is 11.6 Å². The van der Waals surface area contributed by atoms with Crippen molar-refractivity contribution in [3.8, 4) is 0 Å². The molecule has 0 aliphatic rings. The zero-order valence-corrected chi connectivity index (χ0v) is 13.0. The zero-order chi connectivity index (χ0) is 15.8. The highest BCUT2D eigenvalue weighted by atomic mass is 35.5. The number of benzene rings is 1. The predicted octanol–water partition coefficient (Wildman–Crippen LogP) is 0.134. The van der Waals surface area contributed by atoms with Crippen LogP contribution in [0.15, 0.2) is 24.3 Å². The largest absolute Gasteiger partial charge is 0.353 e. The lowest BCUT2D eigenvalue weighted by Gasteiger charge is -2.26. The molecule has 1 unspecified atom stereocenters. The minimum atomic E-state index is -0.361. The zero-order valence-electron chi connectivity index (χ0n) is 12.2. The van der Waals surface area contributed by atoms with Gasteiger partial charge in [0.1, 0.15) is 0 Å². The van der Waals surface area contributed by atoms with Crippen LogP contribution in [0.2, 0.25) is 5.02 Å². The van der Waals surface area contributed by atoms with Crippen LogP contribution in [-0.2, 0) is 9.59 Å². The summed E-state index contributed by atoms with van der Waals surface area (Å²) in [7, 11) is 3.83. The van der Waals surface area contributed by atoms with Crippen LogP contribution in [0, 0.1) is 0 Å². The molecule has 1 aromatic rings. The summed E-state index contributed by atoms with van der Waals surface area (Å²) in [6, 6.07) is 7.46. The molecule has 21 heavy (non-hydrogen) atoms. The van der Waals surface area contributed by atoms with Gasteiger partial charge in [-0.15, -0.1) is 0 Å². The highest BCUT2D eigenvalue weighted by Crippen LogP contribution is 2.25. The second kappa shape index (κ2) is 8.61. The van der Waals surface area contributed by atoms with Crippen molar-refractivity contribution in [2.24, 2.45) is 5.73 Å². The van der Waals surface area contributed by atoms with Gasteiger partial charge in [-0.25, -0.2) is 0 Å². The SMILES string of the molecule is CN(C)C(CNC(=O)CNC(=O)CN)c1ccccc1Cl. The van der Waals surface area contributed by atoms with E-state index in [1.165, 1.54) is 0 Å². The highest BCUT2D eigenvalue weighted by molar-refractivity contribution is 6.31. The summed E-state index contributed by atoms with van der Waals surface area (Å²) in [5.41, 5.74) is 6.09. The first-order chi connectivity index (χ1) is 9.95. The summed E-state index contributed by atoms with van der Waals surface area (Å²) in [4.78, 5) is 24.6. The maximum atomic E-state index is 11.7. The van der Waals surface area contributed by atoms with Gasteiger partial charge in [-0.3, -0.25) is 9.59 Å². The fourth-order valence-electron chi connectivity index (χ4n) is 1.84. The average molecular weight is 313 g/mol. The molecule has 1 rings (SSSR count). The Labute approximate surface area is 129 Å². The quantitative estimate of drug-likeness (QED) is 0.668. The van der Waals surface area contributed by atoms with E-state index in [1.54, 1.807) is 0 Å². The summed E-state index contributed by atoms with van der Waals surface area (Å²) in [5.74, 6) is -0.629. The van der Waals surface area contributed by atoms with Crippen LogP contribution in [0.1, 0.15) is 11.6 Å². The standard InChI is InChI=1S/C14H21ClN4O2/c1-19(2)12(10-5-3-4-6-11(10)15)8-17-14(21)9-18-13(20)7-16/h3-6,12H,7-9,16H2,1-2H3,(H,17,21)(H,18,20). The van der Waals surface area contributed by atoms with Crippen molar-refractivity contribution in [1.82, 2.24) is 15.5 Å².